The molecule has 2 aliphatic rings. The minimum absolute atomic E-state index is 0.581. The zero-order valence-corrected chi connectivity index (χ0v) is 13.3. The molecule has 2 aromatic heterocycles. The molecule has 4 rings (SSSR count). The van der Waals surface area contributed by atoms with Crippen LogP contribution in [0.25, 0.3) is 11.0 Å². The molecule has 4 heterocycles. The molecule has 6 heteroatoms. The van der Waals surface area contributed by atoms with Gasteiger partial charge in [0, 0.05) is 48.9 Å². The SMILES string of the molecule is C[C@H]1CCCN1C1=NC(c2c[nH]c3ncc(Cl)cc23)=NCC1. The second-order valence-electron chi connectivity index (χ2n) is 5.92. The zero-order chi connectivity index (χ0) is 15.1. The molecule has 0 amide bonds. The highest BCUT2D eigenvalue weighted by molar-refractivity contribution is 6.31. The van der Waals surface area contributed by atoms with Crippen LogP contribution >= 0.6 is 11.6 Å². The van der Waals surface area contributed by atoms with Crippen molar-refractivity contribution in [2.45, 2.75) is 32.2 Å². The number of amidine groups is 2. The van der Waals surface area contributed by atoms with Crippen molar-refractivity contribution in [1.29, 1.82) is 0 Å². The third-order valence-electron chi connectivity index (χ3n) is 4.46. The van der Waals surface area contributed by atoms with Gasteiger partial charge < -0.3 is 9.88 Å². The molecule has 0 bridgehead atoms. The number of H-pyrrole nitrogens is 1. The first-order valence-electron chi connectivity index (χ1n) is 7.74. The van der Waals surface area contributed by atoms with E-state index in [-0.39, 0.29) is 0 Å². The Labute approximate surface area is 134 Å². The van der Waals surface area contributed by atoms with Crippen molar-refractivity contribution >= 4 is 34.3 Å². The van der Waals surface area contributed by atoms with E-state index in [2.05, 4.69) is 26.8 Å². The lowest BCUT2D eigenvalue weighted by Gasteiger charge is -2.27. The molecular weight excluding hydrogens is 298 g/mol. The molecule has 0 spiro atoms. The van der Waals surface area contributed by atoms with Crippen LogP contribution in [0.2, 0.25) is 5.02 Å². The first-order valence-corrected chi connectivity index (χ1v) is 8.12. The largest absolute Gasteiger partial charge is 0.357 e. The summed E-state index contributed by atoms with van der Waals surface area (Å²) < 4.78 is 0. The third-order valence-corrected chi connectivity index (χ3v) is 4.66. The lowest BCUT2D eigenvalue weighted by atomic mass is 10.2. The van der Waals surface area contributed by atoms with Gasteiger partial charge in [-0.1, -0.05) is 11.6 Å². The lowest BCUT2D eigenvalue weighted by molar-refractivity contribution is 0.406. The number of hydrogen-bond donors (Lipinski definition) is 1. The van der Waals surface area contributed by atoms with Crippen molar-refractivity contribution in [2.75, 3.05) is 13.1 Å². The Balaban J connectivity index is 1.73. The Hall–Kier alpha value is -1.88. The monoisotopic (exact) mass is 315 g/mol. The quantitative estimate of drug-likeness (QED) is 0.878. The molecule has 1 fully saturated rings. The molecule has 1 N–H and O–H groups in total. The average molecular weight is 316 g/mol. The molecular formula is C16H18ClN5. The van der Waals surface area contributed by atoms with Crippen molar-refractivity contribution < 1.29 is 0 Å². The Kier molecular flexibility index (Phi) is 3.37. The summed E-state index contributed by atoms with van der Waals surface area (Å²) in [6.45, 7) is 4.17. The van der Waals surface area contributed by atoms with E-state index < -0.39 is 0 Å². The van der Waals surface area contributed by atoms with Crippen LogP contribution in [0.3, 0.4) is 0 Å². The fourth-order valence-electron chi connectivity index (χ4n) is 3.31. The number of aliphatic imine (C=N–C) groups is 2. The molecule has 5 nitrogen and oxygen atoms in total. The van der Waals surface area contributed by atoms with Gasteiger partial charge in [-0.15, -0.1) is 0 Å². The Bertz CT molecular complexity index is 776. The average Bonchev–Trinajstić information content (AvgIpc) is 3.13. The van der Waals surface area contributed by atoms with Gasteiger partial charge in [-0.2, -0.15) is 0 Å². The summed E-state index contributed by atoms with van der Waals surface area (Å²) >= 11 is 6.08. The number of pyridine rings is 1. The second kappa shape index (κ2) is 5.39. The number of nitrogens with one attached hydrogen (secondary N) is 1. The number of halogens is 1. The van der Waals surface area contributed by atoms with Gasteiger partial charge in [0.15, 0.2) is 5.84 Å². The van der Waals surface area contributed by atoms with Crippen molar-refractivity contribution in [3.05, 3.63) is 29.0 Å². The molecule has 0 aliphatic carbocycles. The van der Waals surface area contributed by atoms with E-state index >= 15 is 0 Å². The van der Waals surface area contributed by atoms with Gasteiger partial charge in [-0.05, 0) is 25.8 Å². The summed E-state index contributed by atoms with van der Waals surface area (Å²) in [5, 5.41) is 1.60. The highest BCUT2D eigenvalue weighted by Crippen LogP contribution is 2.24. The molecule has 0 radical (unpaired) electrons. The second-order valence-corrected chi connectivity index (χ2v) is 6.36. The fraction of sp³-hybridized carbons (Fsp3) is 0.438. The van der Waals surface area contributed by atoms with E-state index in [0.717, 1.165) is 41.9 Å². The maximum absolute atomic E-state index is 6.08. The number of fused-ring (bicyclic) bond motifs is 1. The molecule has 0 unspecified atom stereocenters. The Morgan fingerprint density at radius 1 is 1.41 bits per heavy atom. The highest BCUT2D eigenvalue weighted by atomic mass is 35.5. The zero-order valence-electron chi connectivity index (χ0n) is 12.5. The van der Waals surface area contributed by atoms with E-state index in [1.807, 2.05) is 12.3 Å². The standard InChI is InChI=1S/C16H18ClN5/c1-10-3-2-6-22(10)14-4-5-18-16(21-14)13-9-20-15-12(13)7-11(17)8-19-15/h7-10H,2-6H2,1H3,(H,19,20)/t10-/m0/s1. The highest BCUT2D eigenvalue weighted by Gasteiger charge is 2.25. The van der Waals surface area contributed by atoms with Crippen molar-refractivity contribution in [1.82, 2.24) is 14.9 Å². The minimum atomic E-state index is 0.581. The van der Waals surface area contributed by atoms with Crippen LogP contribution < -0.4 is 0 Å². The molecule has 22 heavy (non-hydrogen) atoms. The van der Waals surface area contributed by atoms with Crippen LogP contribution in [-0.2, 0) is 0 Å². The first-order chi connectivity index (χ1) is 10.7. The summed E-state index contributed by atoms with van der Waals surface area (Å²) in [7, 11) is 0. The van der Waals surface area contributed by atoms with Crippen LogP contribution in [0.5, 0.6) is 0 Å². The van der Waals surface area contributed by atoms with E-state index in [1.165, 1.54) is 18.7 Å². The van der Waals surface area contributed by atoms with E-state index in [4.69, 9.17) is 16.6 Å². The summed E-state index contributed by atoms with van der Waals surface area (Å²) in [5.74, 6) is 1.95. The number of nitrogens with zero attached hydrogens (tertiary/aromatic N) is 4. The van der Waals surface area contributed by atoms with Crippen molar-refractivity contribution in [3.63, 3.8) is 0 Å². The van der Waals surface area contributed by atoms with E-state index in [9.17, 15) is 0 Å². The number of aromatic nitrogens is 2. The molecule has 0 saturated carbocycles. The van der Waals surface area contributed by atoms with E-state index in [0.29, 0.717) is 11.1 Å². The Morgan fingerprint density at radius 3 is 3.14 bits per heavy atom. The number of hydrogen-bond acceptors (Lipinski definition) is 4. The van der Waals surface area contributed by atoms with Crippen LogP contribution in [0.1, 0.15) is 31.7 Å². The van der Waals surface area contributed by atoms with Gasteiger partial charge in [0.2, 0.25) is 0 Å². The molecule has 1 saturated heterocycles. The first kappa shape index (κ1) is 13.8. The smallest absolute Gasteiger partial charge is 0.158 e. The van der Waals surface area contributed by atoms with Gasteiger partial charge in [-0.3, -0.25) is 4.99 Å². The third kappa shape index (κ3) is 2.29. The summed E-state index contributed by atoms with van der Waals surface area (Å²) in [4.78, 5) is 19.3. The maximum atomic E-state index is 6.08. The summed E-state index contributed by atoms with van der Waals surface area (Å²) in [6.07, 6.45) is 6.99. The summed E-state index contributed by atoms with van der Waals surface area (Å²) in [5.41, 5.74) is 1.80. The van der Waals surface area contributed by atoms with E-state index in [1.54, 1.807) is 6.20 Å². The number of aromatic amines is 1. The van der Waals surface area contributed by atoms with Gasteiger partial charge in [0.05, 0.1) is 5.02 Å². The topological polar surface area (TPSA) is 56.6 Å². The van der Waals surface area contributed by atoms with Gasteiger partial charge in [-0.25, -0.2) is 9.98 Å². The number of likely N-dealkylation sites (tertiary alicyclic amines) is 1. The van der Waals surface area contributed by atoms with Crippen LogP contribution in [0.15, 0.2) is 28.4 Å². The molecule has 0 aromatic carbocycles. The maximum Gasteiger partial charge on any atom is 0.158 e. The fourth-order valence-corrected chi connectivity index (χ4v) is 3.47. The Morgan fingerprint density at radius 2 is 2.32 bits per heavy atom. The number of rotatable bonds is 1. The summed E-state index contributed by atoms with van der Waals surface area (Å²) in [6, 6.07) is 2.50. The van der Waals surface area contributed by atoms with Crippen LogP contribution in [-0.4, -0.2) is 45.7 Å². The van der Waals surface area contributed by atoms with Crippen LogP contribution in [0, 0.1) is 0 Å². The van der Waals surface area contributed by atoms with Crippen LogP contribution in [0.4, 0.5) is 0 Å². The normalized spacial score (nSPS) is 22.1. The van der Waals surface area contributed by atoms with Gasteiger partial charge >= 0.3 is 0 Å². The minimum Gasteiger partial charge on any atom is -0.357 e. The van der Waals surface area contributed by atoms with Gasteiger partial charge in [0.25, 0.3) is 0 Å². The predicted octanol–water partition coefficient (Wildman–Crippen LogP) is 3.25. The van der Waals surface area contributed by atoms with Gasteiger partial charge in [0.1, 0.15) is 11.5 Å². The van der Waals surface area contributed by atoms with Crippen molar-refractivity contribution in [2.24, 2.45) is 9.98 Å². The molecule has 2 aliphatic heterocycles. The molecule has 2 aromatic rings. The molecule has 1 atom stereocenters. The predicted molar refractivity (Wildman–Crippen MR) is 90.0 cm³/mol. The molecule has 114 valence electrons. The lowest BCUT2D eigenvalue weighted by Crippen LogP contribution is -2.36. The van der Waals surface area contributed by atoms with Crippen molar-refractivity contribution in [3.8, 4) is 0 Å².